The molecule has 4 unspecified atom stereocenters. The summed E-state index contributed by atoms with van der Waals surface area (Å²) in [5.74, 6) is -1.99. The van der Waals surface area contributed by atoms with E-state index in [0.29, 0.717) is 45.2 Å². The van der Waals surface area contributed by atoms with Crippen LogP contribution in [-0.2, 0) is 42.2 Å². The van der Waals surface area contributed by atoms with E-state index in [-0.39, 0.29) is 30.8 Å². The summed E-state index contributed by atoms with van der Waals surface area (Å²) in [7, 11) is -3.85. The second kappa shape index (κ2) is 13.5. The molecule has 1 saturated heterocycles. The second-order valence-electron chi connectivity index (χ2n) is 15.9. The summed E-state index contributed by atoms with van der Waals surface area (Å²) in [4.78, 5) is 59.6. The monoisotopic (exact) mass is 719 g/mol. The third kappa shape index (κ3) is 7.51. The van der Waals surface area contributed by atoms with E-state index in [0.717, 1.165) is 19.3 Å². The summed E-state index contributed by atoms with van der Waals surface area (Å²) in [5.41, 5.74) is 0.158. The first kappa shape index (κ1) is 35.4. The molecule has 2 aromatic rings. The van der Waals surface area contributed by atoms with Crippen molar-refractivity contribution in [3.05, 3.63) is 59.7 Å². The zero-order chi connectivity index (χ0) is 36.1. The highest BCUT2D eigenvalue weighted by Crippen LogP contribution is 2.46. The number of benzene rings is 2. The van der Waals surface area contributed by atoms with Gasteiger partial charge in [-0.3, -0.25) is 24.0 Å². The topological polar surface area (TPSA) is 154 Å². The van der Waals surface area contributed by atoms with Crippen LogP contribution in [0.25, 0.3) is 10.8 Å². The van der Waals surface area contributed by atoms with Crippen molar-refractivity contribution in [1.82, 2.24) is 25.2 Å². The van der Waals surface area contributed by atoms with Gasteiger partial charge in [0.15, 0.2) is 0 Å². The summed E-state index contributed by atoms with van der Waals surface area (Å²) >= 11 is 0. The summed E-state index contributed by atoms with van der Waals surface area (Å²) in [5, 5.41) is 7.59. The van der Waals surface area contributed by atoms with Crippen LogP contribution in [0, 0.1) is 5.92 Å². The van der Waals surface area contributed by atoms with E-state index in [1.807, 2.05) is 24.3 Å². The maximum atomic E-state index is 14.6. The summed E-state index contributed by atoms with van der Waals surface area (Å²) in [6.07, 6.45) is 8.18. The van der Waals surface area contributed by atoms with Crippen LogP contribution >= 0.6 is 0 Å². The highest BCUT2D eigenvalue weighted by molar-refractivity contribution is 7.91. The summed E-state index contributed by atoms with van der Waals surface area (Å²) < 4.78 is 33.5. The molecule has 2 aliphatic carbocycles. The molecule has 3 aliphatic heterocycles. The lowest BCUT2D eigenvalue weighted by Crippen LogP contribution is -2.58. The minimum atomic E-state index is -3.85. The molecule has 2 saturated carbocycles. The van der Waals surface area contributed by atoms with E-state index in [9.17, 15) is 27.6 Å². The molecule has 5 atom stereocenters. The molecular weight excluding hydrogens is 671 g/mol. The number of fused-ring (bicyclic) bond motifs is 2. The van der Waals surface area contributed by atoms with Gasteiger partial charge in [-0.2, -0.15) is 0 Å². The van der Waals surface area contributed by atoms with Gasteiger partial charge in [-0.05, 0) is 87.6 Å². The fourth-order valence-corrected chi connectivity index (χ4v) is 9.37. The largest absolute Gasteiger partial charge is 0.444 e. The van der Waals surface area contributed by atoms with Crippen LogP contribution in [0.3, 0.4) is 0 Å². The average Bonchev–Trinajstić information content (AvgIpc) is 3.99. The maximum absolute atomic E-state index is 14.6. The SMILES string of the molecule is CC(C)(C)OC(=O)NC1CCCCC/C=C/C2CC2(C(=O)NS(=O)(=O)C2CC2)NC(=O)C2C[C@@H](N3Cc4cccc5cccc(c45)C3)CN2C1=O. The van der Waals surface area contributed by atoms with Gasteiger partial charge < -0.3 is 20.3 Å². The van der Waals surface area contributed by atoms with Crippen LogP contribution in [-0.4, -0.2) is 83.1 Å². The van der Waals surface area contributed by atoms with Crippen LogP contribution in [0.4, 0.5) is 4.79 Å². The van der Waals surface area contributed by atoms with Crippen LogP contribution in [0.1, 0.15) is 89.7 Å². The molecule has 13 heteroatoms. The Morgan fingerprint density at radius 3 is 2.35 bits per heavy atom. The lowest BCUT2D eigenvalue weighted by atomic mass is 9.94. The second-order valence-corrected chi connectivity index (χ2v) is 17.9. The van der Waals surface area contributed by atoms with Gasteiger partial charge in [0.25, 0.3) is 5.91 Å². The maximum Gasteiger partial charge on any atom is 0.408 e. The number of nitrogens with one attached hydrogen (secondary N) is 3. The van der Waals surface area contributed by atoms with Crippen LogP contribution in [0.2, 0.25) is 0 Å². The Morgan fingerprint density at radius 1 is 0.980 bits per heavy atom. The van der Waals surface area contributed by atoms with Crippen molar-refractivity contribution >= 4 is 44.6 Å². The number of nitrogens with zero attached hydrogens (tertiary/aromatic N) is 2. The zero-order valence-electron chi connectivity index (χ0n) is 29.7. The Balaban J connectivity index is 1.19. The average molecular weight is 720 g/mol. The number of amides is 4. The van der Waals surface area contributed by atoms with Crippen molar-refractivity contribution in [3.8, 4) is 0 Å². The lowest BCUT2D eigenvalue weighted by molar-refractivity contribution is -0.141. The number of alkyl carbamates (subject to hydrolysis) is 1. The highest BCUT2D eigenvalue weighted by atomic mass is 32.2. The first-order valence-electron chi connectivity index (χ1n) is 18.3. The van der Waals surface area contributed by atoms with Gasteiger partial charge in [0, 0.05) is 31.6 Å². The molecule has 12 nitrogen and oxygen atoms in total. The number of carbonyl (C=O) groups is 4. The molecule has 3 heterocycles. The molecule has 0 spiro atoms. The quantitative estimate of drug-likeness (QED) is 0.392. The molecule has 3 fully saturated rings. The van der Waals surface area contributed by atoms with Crippen molar-refractivity contribution < 1.29 is 32.3 Å². The molecule has 0 aromatic heterocycles. The smallest absolute Gasteiger partial charge is 0.408 e. The Labute approximate surface area is 299 Å². The molecule has 2 aromatic carbocycles. The van der Waals surface area contributed by atoms with Gasteiger partial charge in [0.1, 0.15) is 23.2 Å². The van der Waals surface area contributed by atoms with E-state index in [1.54, 1.807) is 25.7 Å². The Bertz CT molecular complexity index is 1830. The van der Waals surface area contributed by atoms with E-state index in [2.05, 4.69) is 44.5 Å². The van der Waals surface area contributed by atoms with Gasteiger partial charge in [-0.1, -0.05) is 61.4 Å². The van der Waals surface area contributed by atoms with E-state index >= 15 is 0 Å². The van der Waals surface area contributed by atoms with Crippen LogP contribution < -0.4 is 15.4 Å². The van der Waals surface area contributed by atoms with Crippen molar-refractivity contribution in [1.29, 1.82) is 0 Å². The molecule has 274 valence electrons. The Kier molecular flexibility index (Phi) is 9.41. The number of hydrogen-bond acceptors (Lipinski definition) is 8. The van der Waals surface area contributed by atoms with E-state index < -0.39 is 56.4 Å². The zero-order valence-corrected chi connectivity index (χ0v) is 30.5. The fourth-order valence-electron chi connectivity index (χ4n) is 8.01. The highest BCUT2D eigenvalue weighted by Gasteiger charge is 2.62. The molecule has 0 radical (unpaired) electrons. The third-order valence-corrected chi connectivity index (χ3v) is 12.7. The summed E-state index contributed by atoms with van der Waals surface area (Å²) in [6.45, 7) is 6.82. The third-order valence-electron chi connectivity index (χ3n) is 10.9. The summed E-state index contributed by atoms with van der Waals surface area (Å²) in [6, 6.07) is 10.5. The predicted octanol–water partition coefficient (Wildman–Crippen LogP) is 4.02. The molecule has 5 aliphatic rings. The Hall–Kier alpha value is -3.97. The first-order chi connectivity index (χ1) is 24.2. The number of carbonyl (C=O) groups excluding carboxylic acids is 4. The number of sulfonamides is 1. The first-order valence-corrected chi connectivity index (χ1v) is 19.9. The van der Waals surface area contributed by atoms with E-state index in [1.165, 1.54) is 21.9 Å². The number of rotatable bonds is 5. The van der Waals surface area contributed by atoms with Crippen molar-refractivity contribution in [2.45, 2.75) is 126 Å². The van der Waals surface area contributed by atoms with Gasteiger partial charge in [-0.15, -0.1) is 0 Å². The number of hydrogen-bond donors (Lipinski definition) is 3. The predicted molar refractivity (Wildman–Crippen MR) is 192 cm³/mol. The normalized spacial score (nSPS) is 29.5. The fraction of sp³-hybridized carbons (Fsp3) is 0.579. The van der Waals surface area contributed by atoms with Crippen molar-refractivity contribution in [2.75, 3.05) is 6.54 Å². The van der Waals surface area contributed by atoms with Gasteiger partial charge in [0.05, 0.1) is 5.25 Å². The molecule has 0 bridgehead atoms. The van der Waals surface area contributed by atoms with Gasteiger partial charge >= 0.3 is 6.09 Å². The van der Waals surface area contributed by atoms with Crippen LogP contribution in [0.5, 0.6) is 0 Å². The van der Waals surface area contributed by atoms with Crippen molar-refractivity contribution in [3.63, 3.8) is 0 Å². The van der Waals surface area contributed by atoms with Gasteiger partial charge in [0.2, 0.25) is 21.8 Å². The van der Waals surface area contributed by atoms with E-state index in [4.69, 9.17) is 4.74 Å². The molecule has 4 amide bonds. The number of ether oxygens (including phenoxy) is 1. The molecule has 51 heavy (non-hydrogen) atoms. The minimum absolute atomic E-state index is 0.190. The number of allylic oxidation sites excluding steroid dienone is 1. The molecule has 3 N–H and O–H groups in total. The molecular formula is C38H49N5O7S. The lowest BCUT2D eigenvalue weighted by Gasteiger charge is -2.34. The Morgan fingerprint density at radius 2 is 1.69 bits per heavy atom. The molecule has 7 rings (SSSR count). The minimum Gasteiger partial charge on any atom is -0.444 e. The van der Waals surface area contributed by atoms with Gasteiger partial charge in [-0.25, -0.2) is 13.2 Å². The standard InChI is InChI=1S/C38H49N5O7S/c1-37(2,3)50-36(47)39-30-16-8-6-4-5-7-15-27-20-38(27,35(46)41-51(48,49)29-17-18-29)40-33(44)31-19-28(23-43(31)34(30)45)42-21-25-13-9-11-24-12-10-14-26(22-42)32(24)25/h7,9-15,27-31H,4-6,8,16-23H2,1-3H3,(H,39,47)(H,40,44)(H,41,46)/b15-7+/t27?,28-,30?,31?,38?/m1/s1. The van der Waals surface area contributed by atoms with Crippen molar-refractivity contribution in [2.24, 2.45) is 5.92 Å². The van der Waals surface area contributed by atoms with Crippen LogP contribution in [0.15, 0.2) is 48.6 Å².